The van der Waals surface area contributed by atoms with Crippen LogP contribution in [-0.2, 0) is 0 Å². The number of rotatable bonds is 3. The monoisotopic (exact) mass is 499 g/mol. The molecule has 3 nitrogen and oxygen atoms in total. The maximum Gasteiger partial charge on any atom is 0.160 e. The molecule has 0 saturated heterocycles. The van der Waals surface area contributed by atoms with E-state index in [9.17, 15) is 5.11 Å². The van der Waals surface area contributed by atoms with Crippen LogP contribution in [0.3, 0.4) is 0 Å². The first-order chi connectivity index (χ1) is 19.3. The molecule has 0 saturated carbocycles. The van der Waals surface area contributed by atoms with Crippen LogP contribution in [-0.4, -0.2) is 5.11 Å². The smallest absolute Gasteiger partial charge is 0.160 e. The van der Waals surface area contributed by atoms with Gasteiger partial charge in [0.05, 0.1) is 11.4 Å². The lowest BCUT2D eigenvalue weighted by molar-refractivity contribution is 0.482. The number of phenols is 1. The molecule has 0 fully saturated rings. The molecule has 0 spiro atoms. The molecule has 9 rings (SSSR count). The standard InChI is InChI=1S/C36H21NO2/c38-30-20-15-23-11-16-26-28(18-13-22-12-17-27(30)33(23)32(22)26)37(25-6-2-1-3-7-25)29-19-14-24-10-9-21-5-4-8-31-34(21)35(24)36(29)39-31/h1-20,38H. The van der Waals surface area contributed by atoms with E-state index in [4.69, 9.17) is 4.42 Å². The molecule has 8 aromatic carbocycles. The highest BCUT2D eigenvalue weighted by Crippen LogP contribution is 2.48. The SMILES string of the molecule is Oc1ccc2ccc3c(N(c4ccccc4)c4ccc5ccc6cccc7oc4c5c67)ccc4ccc1c2c43. The number of furan rings is 1. The predicted octanol–water partition coefficient (Wildman–Crippen LogP) is 10.2. The molecule has 1 aromatic heterocycles. The van der Waals surface area contributed by atoms with E-state index in [1.807, 2.05) is 18.2 Å². The molecule has 0 unspecified atom stereocenters. The van der Waals surface area contributed by atoms with Gasteiger partial charge in [-0.2, -0.15) is 0 Å². The Kier molecular flexibility index (Phi) is 3.93. The quantitative estimate of drug-likeness (QED) is 0.246. The number of nitrogens with zero attached hydrogens (tertiary/aromatic N) is 1. The zero-order valence-electron chi connectivity index (χ0n) is 20.8. The number of hydrogen-bond acceptors (Lipinski definition) is 3. The van der Waals surface area contributed by atoms with Gasteiger partial charge in [0.25, 0.3) is 0 Å². The van der Waals surface area contributed by atoms with Crippen LogP contribution in [0.15, 0.2) is 126 Å². The van der Waals surface area contributed by atoms with Gasteiger partial charge in [0.15, 0.2) is 5.58 Å². The van der Waals surface area contributed by atoms with Crippen molar-refractivity contribution in [2.24, 2.45) is 0 Å². The zero-order valence-corrected chi connectivity index (χ0v) is 20.8. The molecule has 39 heavy (non-hydrogen) atoms. The van der Waals surface area contributed by atoms with Crippen LogP contribution in [0.25, 0.3) is 65.0 Å². The van der Waals surface area contributed by atoms with Gasteiger partial charge in [0, 0.05) is 32.6 Å². The molecule has 1 heterocycles. The van der Waals surface area contributed by atoms with E-state index in [1.54, 1.807) is 6.07 Å². The molecule has 0 aliphatic rings. The van der Waals surface area contributed by atoms with E-state index in [0.29, 0.717) is 5.75 Å². The molecule has 0 bridgehead atoms. The summed E-state index contributed by atoms with van der Waals surface area (Å²) in [6.45, 7) is 0. The van der Waals surface area contributed by atoms with Crippen molar-refractivity contribution in [3.05, 3.63) is 121 Å². The zero-order chi connectivity index (χ0) is 25.7. The minimum atomic E-state index is 0.306. The van der Waals surface area contributed by atoms with Crippen LogP contribution in [0.1, 0.15) is 0 Å². The third kappa shape index (κ3) is 2.71. The van der Waals surface area contributed by atoms with Crippen molar-refractivity contribution in [3.63, 3.8) is 0 Å². The molecule has 0 aliphatic carbocycles. The summed E-state index contributed by atoms with van der Waals surface area (Å²) >= 11 is 0. The summed E-state index contributed by atoms with van der Waals surface area (Å²) in [6, 6.07) is 42.1. The molecule has 182 valence electrons. The van der Waals surface area contributed by atoms with Crippen molar-refractivity contribution < 1.29 is 9.52 Å². The van der Waals surface area contributed by atoms with E-state index in [0.717, 1.165) is 65.9 Å². The van der Waals surface area contributed by atoms with Crippen molar-refractivity contribution in [2.45, 2.75) is 0 Å². The molecule has 9 aromatic rings. The fourth-order valence-corrected chi connectivity index (χ4v) is 6.54. The summed E-state index contributed by atoms with van der Waals surface area (Å²) < 4.78 is 6.64. The van der Waals surface area contributed by atoms with Crippen LogP contribution in [0.2, 0.25) is 0 Å². The summed E-state index contributed by atoms with van der Waals surface area (Å²) in [6.07, 6.45) is 0. The summed E-state index contributed by atoms with van der Waals surface area (Å²) in [7, 11) is 0. The van der Waals surface area contributed by atoms with E-state index < -0.39 is 0 Å². The van der Waals surface area contributed by atoms with Crippen LogP contribution in [0.4, 0.5) is 17.1 Å². The maximum absolute atomic E-state index is 10.7. The van der Waals surface area contributed by atoms with Crippen molar-refractivity contribution >= 4 is 82.1 Å². The first kappa shape index (κ1) is 20.7. The summed E-state index contributed by atoms with van der Waals surface area (Å²) in [5.74, 6) is 0.306. The number of hydrogen-bond donors (Lipinski definition) is 1. The van der Waals surface area contributed by atoms with Gasteiger partial charge in [-0.1, -0.05) is 84.9 Å². The summed E-state index contributed by atoms with van der Waals surface area (Å²) in [4.78, 5) is 2.31. The Hall–Kier alpha value is -5.28. The molecule has 0 atom stereocenters. The number of phenolic OH excluding ortho intramolecular Hbond substituents is 1. The lowest BCUT2D eigenvalue weighted by Crippen LogP contribution is -2.11. The Morgan fingerprint density at radius 1 is 0.462 bits per heavy atom. The van der Waals surface area contributed by atoms with E-state index in [2.05, 4.69) is 102 Å². The average molecular weight is 500 g/mol. The Balaban J connectivity index is 1.43. The van der Waals surface area contributed by atoms with Gasteiger partial charge < -0.3 is 14.4 Å². The first-order valence-electron chi connectivity index (χ1n) is 13.2. The van der Waals surface area contributed by atoms with Gasteiger partial charge in [-0.25, -0.2) is 0 Å². The van der Waals surface area contributed by atoms with Crippen molar-refractivity contribution in [1.29, 1.82) is 0 Å². The second-order valence-corrected chi connectivity index (χ2v) is 10.3. The number of aromatic hydroxyl groups is 1. The predicted molar refractivity (Wildman–Crippen MR) is 162 cm³/mol. The molecule has 0 amide bonds. The highest BCUT2D eigenvalue weighted by Gasteiger charge is 2.24. The van der Waals surface area contributed by atoms with Crippen LogP contribution < -0.4 is 4.90 Å². The van der Waals surface area contributed by atoms with E-state index in [-0.39, 0.29) is 0 Å². The Morgan fingerprint density at radius 3 is 1.90 bits per heavy atom. The largest absolute Gasteiger partial charge is 0.507 e. The molecular formula is C36H21NO2. The lowest BCUT2D eigenvalue weighted by atomic mass is 9.92. The Morgan fingerprint density at radius 2 is 1.08 bits per heavy atom. The topological polar surface area (TPSA) is 36.6 Å². The highest BCUT2D eigenvalue weighted by molar-refractivity contribution is 6.28. The first-order valence-corrected chi connectivity index (χ1v) is 13.2. The average Bonchev–Trinajstić information content (AvgIpc) is 3.39. The number of para-hydroxylation sites is 1. The second kappa shape index (κ2) is 7.40. The molecule has 0 aliphatic heterocycles. The second-order valence-electron chi connectivity index (χ2n) is 10.3. The van der Waals surface area contributed by atoms with Gasteiger partial charge >= 0.3 is 0 Å². The molecule has 3 heteroatoms. The van der Waals surface area contributed by atoms with Gasteiger partial charge in [-0.3, -0.25) is 0 Å². The van der Waals surface area contributed by atoms with E-state index >= 15 is 0 Å². The molecular weight excluding hydrogens is 478 g/mol. The third-order valence-corrected chi connectivity index (χ3v) is 8.25. The van der Waals surface area contributed by atoms with Crippen molar-refractivity contribution in [1.82, 2.24) is 0 Å². The van der Waals surface area contributed by atoms with Gasteiger partial charge in [0.1, 0.15) is 11.3 Å². The van der Waals surface area contributed by atoms with Crippen LogP contribution in [0.5, 0.6) is 5.75 Å². The Labute approximate surface area is 223 Å². The van der Waals surface area contributed by atoms with Crippen molar-refractivity contribution in [2.75, 3.05) is 4.90 Å². The summed E-state index contributed by atoms with van der Waals surface area (Å²) in [5, 5.41) is 21.9. The lowest BCUT2D eigenvalue weighted by Gasteiger charge is -2.28. The third-order valence-electron chi connectivity index (χ3n) is 8.25. The fraction of sp³-hybridized carbons (Fsp3) is 0. The minimum Gasteiger partial charge on any atom is -0.507 e. The van der Waals surface area contributed by atoms with Gasteiger partial charge in [-0.15, -0.1) is 0 Å². The van der Waals surface area contributed by atoms with E-state index in [1.165, 1.54) is 16.2 Å². The van der Waals surface area contributed by atoms with Crippen LogP contribution in [0, 0.1) is 0 Å². The van der Waals surface area contributed by atoms with Crippen molar-refractivity contribution in [3.8, 4) is 5.75 Å². The number of benzene rings is 8. The summed E-state index contributed by atoms with van der Waals surface area (Å²) in [5.41, 5.74) is 4.90. The minimum absolute atomic E-state index is 0.306. The normalized spacial score (nSPS) is 12.2. The molecule has 1 N–H and O–H groups in total. The number of anilines is 3. The molecule has 0 radical (unpaired) electrons. The Bertz CT molecular complexity index is 2350. The highest BCUT2D eigenvalue weighted by atomic mass is 16.3. The fourth-order valence-electron chi connectivity index (χ4n) is 6.54. The maximum atomic E-state index is 10.7. The van der Waals surface area contributed by atoms with Gasteiger partial charge in [0.2, 0.25) is 0 Å². The van der Waals surface area contributed by atoms with Crippen LogP contribution >= 0.6 is 0 Å². The van der Waals surface area contributed by atoms with Gasteiger partial charge in [-0.05, 0) is 63.3 Å².